The Morgan fingerprint density at radius 2 is 1.76 bits per heavy atom. The minimum atomic E-state index is -0.494. The van der Waals surface area contributed by atoms with E-state index in [1.54, 1.807) is 24.3 Å². The van der Waals surface area contributed by atoms with E-state index in [1.807, 2.05) is 12.1 Å². The molecule has 0 aromatic heterocycles. The molecule has 2 aromatic carbocycles. The molecule has 0 unspecified atom stereocenters. The topological polar surface area (TPSA) is 77.8 Å². The standard InChI is InChI=1S/C27H33NO5/c1-3-5-7-8-20-18-31-27(32-19-20)22-11-9-21(10-12-22)26(29)33-24-13-14-25(23(16-24)17-28)30-15-6-4-2/h9-14,16,20,27H,3-8,15,18-19H2,1-2H3. The van der Waals surface area contributed by atoms with E-state index in [-0.39, 0.29) is 0 Å². The zero-order valence-electron chi connectivity index (χ0n) is 19.5. The Hall–Kier alpha value is -2.88. The number of hydrogen-bond acceptors (Lipinski definition) is 6. The van der Waals surface area contributed by atoms with Gasteiger partial charge in [0.15, 0.2) is 6.29 Å². The molecule has 0 aliphatic carbocycles. The lowest BCUT2D eigenvalue weighted by atomic mass is 10.0. The van der Waals surface area contributed by atoms with Gasteiger partial charge in [0.1, 0.15) is 17.6 Å². The van der Waals surface area contributed by atoms with Crippen molar-refractivity contribution in [1.82, 2.24) is 0 Å². The summed E-state index contributed by atoms with van der Waals surface area (Å²) in [5.41, 5.74) is 1.62. The van der Waals surface area contributed by atoms with Crippen molar-refractivity contribution in [2.45, 2.75) is 58.7 Å². The Bertz CT molecular complexity index is 927. The molecule has 0 bridgehead atoms. The second-order valence-corrected chi connectivity index (χ2v) is 8.34. The van der Waals surface area contributed by atoms with E-state index in [0.717, 1.165) is 24.8 Å². The highest BCUT2D eigenvalue weighted by molar-refractivity contribution is 5.91. The van der Waals surface area contributed by atoms with Gasteiger partial charge in [0.05, 0.1) is 30.9 Å². The van der Waals surface area contributed by atoms with Gasteiger partial charge in [-0.05, 0) is 37.1 Å². The van der Waals surface area contributed by atoms with Crippen LogP contribution in [0.3, 0.4) is 0 Å². The summed E-state index contributed by atoms with van der Waals surface area (Å²) in [4.78, 5) is 12.6. The number of esters is 1. The molecular formula is C27H33NO5. The van der Waals surface area contributed by atoms with Gasteiger partial charge in [-0.3, -0.25) is 0 Å². The lowest BCUT2D eigenvalue weighted by molar-refractivity contribution is -0.206. The van der Waals surface area contributed by atoms with E-state index in [0.29, 0.717) is 48.4 Å². The first-order valence-corrected chi connectivity index (χ1v) is 11.9. The van der Waals surface area contributed by atoms with Crippen LogP contribution < -0.4 is 9.47 Å². The van der Waals surface area contributed by atoms with Crippen LogP contribution in [0.15, 0.2) is 42.5 Å². The molecule has 1 aliphatic rings. The fourth-order valence-corrected chi connectivity index (χ4v) is 3.64. The fraction of sp³-hybridized carbons (Fsp3) is 0.481. The highest BCUT2D eigenvalue weighted by Crippen LogP contribution is 2.28. The number of unbranched alkanes of at least 4 members (excludes halogenated alkanes) is 3. The van der Waals surface area contributed by atoms with Gasteiger partial charge in [0.25, 0.3) is 0 Å². The minimum Gasteiger partial charge on any atom is -0.492 e. The summed E-state index contributed by atoms with van der Waals surface area (Å²) in [7, 11) is 0. The summed E-state index contributed by atoms with van der Waals surface area (Å²) in [6.07, 6.45) is 6.31. The third-order valence-electron chi connectivity index (χ3n) is 5.64. The van der Waals surface area contributed by atoms with Crippen molar-refractivity contribution in [2.24, 2.45) is 5.92 Å². The maximum absolute atomic E-state index is 12.6. The van der Waals surface area contributed by atoms with Gasteiger partial charge in [-0.25, -0.2) is 4.79 Å². The van der Waals surface area contributed by atoms with E-state index in [1.165, 1.54) is 25.3 Å². The number of nitriles is 1. The Morgan fingerprint density at radius 3 is 2.42 bits per heavy atom. The van der Waals surface area contributed by atoms with Crippen molar-refractivity contribution in [1.29, 1.82) is 5.26 Å². The lowest BCUT2D eigenvalue weighted by Crippen LogP contribution is -2.27. The first-order chi connectivity index (χ1) is 16.1. The zero-order valence-corrected chi connectivity index (χ0v) is 19.5. The van der Waals surface area contributed by atoms with E-state index < -0.39 is 12.3 Å². The van der Waals surface area contributed by atoms with Crippen molar-refractivity contribution in [2.75, 3.05) is 19.8 Å². The van der Waals surface area contributed by atoms with Crippen LogP contribution in [-0.4, -0.2) is 25.8 Å². The fourth-order valence-electron chi connectivity index (χ4n) is 3.64. The summed E-state index contributed by atoms with van der Waals surface area (Å²) in [5.74, 6) is 0.752. The molecule has 0 amide bonds. The maximum atomic E-state index is 12.6. The number of carbonyl (C=O) groups excluding carboxylic acids is 1. The molecule has 33 heavy (non-hydrogen) atoms. The van der Waals surface area contributed by atoms with E-state index in [9.17, 15) is 10.1 Å². The summed E-state index contributed by atoms with van der Waals surface area (Å²) in [5, 5.41) is 9.38. The molecule has 2 aromatic rings. The molecule has 0 spiro atoms. The molecular weight excluding hydrogens is 418 g/mol. The van der Waals surface area contributed by atoms with Crippen LogP contribution in [0, 0.1) is 17.2 Å². The minimum absolute atomic E-state index is 0.302. The molecule has 3 rings (SSSR count). The zero-order chi connectivity index (χ0) is 23.5. The third kappa shape index (κ3) is 7.31. The summed E-state index contributed by atoms with van der Waals surface area (Å²) >= 11 is 0. The third-order valence-corrected chi connectivity index (χ3v) is 5.64. The van der Waals surface area contributed by atoms with Crippen LogP contribution in [0.5, 0.6) is 11.5 Å². The highest BCUT2D eigenvalue weighted by Gasteiger charge is 2.23. The normalized spacial score (nSPS) is 17.8. The Morgan fingerprint density at radius 1 is 1.03 bits per heavy atom. The summed E-state index contributed by atoms with van der Waals surface area (Å²) in [6.45, 7) is 6.20. The number of nitrogens with zero attached hydrogens (tertiary/aromatic N) is 1. The van der Waals surface area contributed by atoms with Crippen molar-refractivity contribution in [3.8, 4) is 17.6 Å². The number of hydrogen-bond donors (Lipinski definition) is 0. The Balaban J connectivity index is 1.54. The highest BCUT2D eigenvalue weighted by atomic mass is 16.7. The predicted molar refractivity (Wildman–Crippen MR) is 125 cm³/mol. The molecule has 0 N–H and O–H groups in total. The molecule has 0 saturated carbocycles. The van der Waals surface area contributed by atoms with Crippen molar-refractivity contribution in [3.05, 3.63) is 59.2 Å². The van der Waals surface area contributed by atoms with Gasteiger partial charge in [-0.1, -0.05) is 51.7 Å². The predicted octanol–water partition coefficient (Wildman–Crippen LogP) is 6.20. The van der Waals surface area contributed by atoms with Crippen LogP contribution >= 0.6 is 0 Å². The summed E-state index contributed by atoms with van der Waals surface area (Å²) < 4.78 is 22.9. The van der Waals surface area contributed by atoms with Crippen LogP contribution in [0.4, 0.5) is 0 Å². The quantitative estimate of drug-likeness (QED) is 0.230. The average molecular weight is 452 g/mol. The van der Waals surface area contributed by atoms with Crippen molar-refractivity contribution < 1.29 is 23.7 Å². The van der Waals surface area contributed by atoms with Gasteiger partial charge in [0, 0.05) is 17.5 Å². The average Bonchev–Trinajstić information content (AvgIpc) is 2.85. The molecule has 1 aliphatic heterocycles. The van der Waals surface area contributed by atoms with E-state index in [2.05, 4.69) is 19.9 Å². The molecule has 1 saturated heterocycles. The molecule has 0 radical (unpaired) electrons. The van der Waals surface area contributed by atoms with E-state index >= 15 is 0 Å². The van der Waals surface area contributed by atoms with Crippen molar-refractivity contribution in [3.63, 3.8) is 0 Å². The molecule has 6 nitrogen and oxygen atoms in total. The van der Waals surface area contributed by atoms with Gasteiger partial charge >= 0.3 is 5.97 Å². The lowest BCUT2D eigenvalue weighted by Gasteiger charge is -2.29. The molecule has 0 atom stereocenters. The number of carbonyl (C=O) groups is 1. The van der Waals surface area contributed by atoms with Crippen LogP contribution in [0.1, 0.15) is 80.1 Å². The monoisotopic (exact) mass is 451 g/mol. The molecule has 1 heterocycles. The molecule has 1 fully saturated rings. The number of rotatable bonds is 11. The Labute approximate surface area is 196 Å². The van der Waals surface area contributed by atoms with Gasteiger partial charge in [-0.15, -0.1) is 0 Å². The first-order valence-electron chi connectivity index (χ1n) is 11.9. The van der Waals surface area contributed by atoms with Gasteiger partial charge in [0.2, 0.25) is 0 Å². The molecule has 176 valence electrons. The van der Waals surface area contributed by atoms with E-state index in [4.69, 9.17) is 18.9 Å². The largest absolute Gasteiger partial charge is 0.492 e. The van der Waals surface area contributed by atoms with Crippen LogP contribution in [-0.2, 0) is 9.47 Å². The second-order valence-electron chi connectivity index (χ2n) is 8.34. The first kappa shape index (κ1) is 24.8. The molecule has 6 heteroatoms. The smallest absolute Gasteiger partial charge is 0.343 e. The second kappa shape index (κ2) is 13.0. The van der Waals surface area contributed by atoms with Gasteiger partial charge in [-0.2, -0.15) is 5.26 Å². The van der Waals surface area contributed by atoms with Crippen LogP contribution in [0.25, 0.3) is 0 Å². The van der Waals surface area contributed by atoms with Gasteiger partial charge < -0.3 is 18.9 Å². The summed E-state index contributed by atoms with van der Waals surface area (Å²) in [6, 6.07) is 14.0. The number of benzene rings is 2. The SMILES string of the molecule is CCCCCC1COC(c2ccc(C(=O)Oc3ccc(OCCCC)c(C#N)c3)cc2)OC1. The van der Waals surface area contributed by atoms with Crippen LogP contribution in [0.2, 0.25) is 0 Å². The van der Waals surface area contributed by atoms with Crippen molar-refractivity contribution >= 4 is 5.97 Å². The maximum Gasteiger partial charge on any atom is 0.343 e. The Kier molecular flexibility index (Phi) is 9.74. The number of ether oxygens (including phenoxy) is 4.